The van der Waals surface area contributed by atoms with Crippen LogP contribution >= 0.6 is 0 Å². The molecule has 4 heteroatoms. The van der Waals surface area contributed by atoms with Gasteiger partial charge < -0.3 is 9.30 Å². The maximum absolute atomic E-state index is 13.0. The summed E-state index contributed by atoms with van der Waals surface area (Å²) in [5.74, 6) is 0.366. The molecule has 0 bridgehead atoms. The van der Waals surface area contributed by atoms with E-state index in [0.717, 1.165) is 22.2 Å². The first kappa shape index (κ1) is 17.0. The highest BCUT2D eigenvalue weighted by Gasteiger charge is 2.11. The minimum absolute atomic E-state index is 0.0666. The number of carbonyl (C=O) groups excluding carboxylic acids is 1. The molecule has 0 saturated carbocycles. The van der Waals surface area contributed by atoms with Gasteiger partial charge in [0.2, 0.25) is 0 Å². The second kappa shape index (κ2) is 7.46. The maximum Gasteiger partial charge on any atom is 0.182 e. The predicted octanol–water partition coefficient (Wildman–Crippen LogP) is 5.24. The van der Waals surface area contributed by atoms with Crippen molar-refractivity contribution in [3.63, 3.8) is 0 Å². The third-order valence-corrected chi connectivity index (χ3v) is 4.49. The summed E-state index contributed by atoms with van der Waals surface area (Å²) >= 11 is 0. The fourth-order valence-electron chi connectivity index (χ4n) is 3.08. The minimum Gasteiger partial charge on any atom is -0.488 e. The summed E-state index contributed by atoms with van der Waals surface area (Å²) in [6.07, 6.45) is 1.88. The highest BCUT2D eigenvalue weighted by molar-refractivity contribution is 5.97. The first-order chi connectivity index (χ1) is 13.2. The molecule has 0 aliphatic carbocycles. The van der Waals surface area contributed by atoms with Crippen molar-refractivity contribution in [1.29, 1.82) is 0 Å². The molecule has 0 radical (unpaired) electrons. The highest BCUT2D eigenvalue weighted by Crippen LogP contribution is 2.27. The second-order valence-electron chi connectivity index (χ2n) is 6.34. The lowest BCUT2D eigenvalue weighted by molar-refractivity contribution is 0.0973. The standard InChI is InChI=1S/C23H18FNO2/c24-19-11-9-18(10-12-19)22(26)15-25-14-13-20-21(25)7-4-8-23(20)27-16-17-5-2-1-3-6-17/h1-14H,15-16H2. The SMILES string of the molecule is O=C(Cn1ccc2c(OCc3ccccc3)cccc21)c1ccc(F)cc1. The van der Waals surface area contributed by atoms with Gasteiger partial charge in [-0.1, -0.05) is 36.4 Å². The highest BCUT2D eigenvalue weighted by atomic mass is 19.1. The molecule has 4 rings (SSSR count). The molecule has 0 unspecified atom stereocenters. The van der Waals surface area contributed by atoms with Crippen molar-refractivity contribution in [3.8, 4) is 5.75 Å². The van der Waals surface area contributed by atoms with E-state index >= 15 is 0 Å². The van der Waals surface area contributed by atoms with E-state index in [9.17, 15) is 9.18 Å². The summed E-state index contributed by atoms with van der Waals surface area (Å²) < 4.78 is 20.9. The molecule has 0 spiro atoms. The smallest absolute Gasteiger partial charge is 0.182 e. The van der Waals surface area contributed by atoms with Crippen LogP contribution in [0.3, 0.4) is 0 Å². The maximum atomic E-state index is 13.0. The predicted molar refractivity (Wildman–Crippen MR) is 103 cm³/mol. The molecule has 3 nitrogen and oxygen atoms in total. The van der Waals surface area contributed by atoms with Crippen molar-refractivity contribution >= 4 is 16.7 Å². The molecule has 0 amide bonds. The molecule has 27 heavy (non-hydrogen) atoms. The zero-order chi connectivity index (χ0) is 18.6. The Kier molecular flexibility index (Phi) is 4.71. The molecule has 1 aromatic heterocycles. The van der Waals surface area contributed by atoms with Gasteiger partial charge in [-0.2, -0.15) is 0 Å². The Morgan fingerprint density at radius 2 is 1.67 bits per heavy atom. The van der Waals surface area contributed by atoms with Gasteiger partial charge in [0.15, 0.2) is 5.78 Å². The van der Waals surface area contributed by atoms with Crippen molar-refractivity contribution < 1.29 is 13.9 Å². The second-order valence-corrected chi connectivity index (χ2v) is 6.34. The molecule has 0 fully saturated rings. The number of hydrogen-bond donors (Lipinski definition) is 0. The average molecular weight is 359 g/mol. The van der Waals surface area contributed by atoms with Crippen LogP contribution in [0.15, 0.2) is 85.1 Å². The van der Waals surface area contributed by atoms with Crippen molar-refractivity contribution in [2.75, 3.05) is 0 Å². The summed E-state index contributed by atoms with van der Waals surface area (Å²) in [5.41, 5.74) is 2.52. The third kappa shape index (κ3) is 3.75. The first-order valence-corrected chi connectivity index (χ1v) is 8.74. The van der Waals surface area contributed by atoms with Crippen LogP contribution in [0.2, 0.25) is 0 Å². The van der Waals surface area contributed by atoms with Crippen molar-refractivity contribution in [3.05, 3.63) is 102 Å². The van der Waals surface area contributed by atoms with E-state index in [0.29, 0.717) is 12.2 Å². The summed E-state index contributed by atoms with van der Waals surface area (Å²) in [5, 5.41) is 0.959. The van der Waals surface area contributed by atoms with Crippen LogP contribution in [-0.2, 0) is 13.2 Å². The number of ketones is 1. The van der Waals surface area contributed by atoms with E-state index in [1.807, 2.05) is 65.4 Å². The van der Waals surface area contributed by atoms with Gasteiger partial charge in [-0.3, -0.25) is 4.79 Å². The largest absolute Gasteiger partial charge is 0.488 e. The Bertz CT molecular complexity index is 1070. The zero-order valence-corrected chi connectivity index (χ0v) is 14.6. The van der Waals surface area contributed by atoms with E-state index in [-0.39, 0.29) is 18.1 Å². The van der Waals surface area contributed by atoms with E-state index in [1.54, 1.807) is 0 Å². The van der Waals surface area contributed by atoms with E-state index in [4.69, 9.17) is 4.74 Å². The minimum atomic E-state index is -0.349. The van der Waals surface area contributed by atoms with Gasteiger partial charge in [0, 0.05) is 17.1 Å². The molecule has 1 heterocycles. The summed E-state index contributed by atoms with van der Waals surface area (Å²) in [4.78, 5) is 12.5. The van der Waals surface area contributed by atoms with E-state index in [2.05, 4.69) is 0 Å². The van der Waals surface area contributed by atoms with Gasteiger partial charge in [-0.05, 0) is 48.0 Å². The van der Waals surface area contributed by atoms with Crippen molar-refractivity contribution in [2.45, 2.75) is 13.2 Å². The number of benzene rings is 3. The quantitative estimate of drug-likeness (QED) is 0.441. The number of fused-ring (bicyclic) bond motifs is 1. The Balaban J connectivity index is 1.55. The van der Waals surface area contributed by atoms with Gasteiger partial charge >= 0.3 is 0 Å². The summed E-state index contributed by atoms with van der Waals surface area (Å²) in [7, 11) is 0. The molecule has 3 aromatic carbocycles. The van der Waals surface area contributed by atoms with Crippen LogP contribution in [0.4, 0.5) is 4.39 Å². The lowest BCUT2D eigenvalue weighted by atomic mass is 10.1. The normalized spacial score (nSPS) is 10.9. The molecular weight excluding hydrogens is 341 g/mol. The van der Waals surface area contributed by atoms with Gasteiger partial charge in [0.1, 0.15) is 18.2 Å². The Morgan fingerprint density at radius 3 is 2.44 bits per heavy atom. The number of nitrogens with zero attached hydrogens (tertiary/aromatic N) is 1. The topological polar surface area (TPSA) is 31.2 Å². The monoisotopic (exact) mass is 359 g/mol. The molecular formula is C23H18FNO2. The molecule has 0 N–H and O–H groups in total. The number of hydrogen-bond acceptors (Lipinski definition) is 2. The number of aromatic nitrogens is 1. The Morgan fingerprint density at radius 1 is 0.889 bits per heavy atom. The van der Waals surface area contributed by atoms with Gasteiger partial charge in [-0.25, -0.2) is 4.39 Å². The molecule has 0 aliphatic rings. The van der Waals surface area contributed by atoms with Crippen molar-refractivity contribution in [1.82, 2.24) is 4.57 Å². The molecule has 4 aromatic rings. The van der Waals surface area contributed by atoms with Gasteiger partial charge in [0.25, 0.3) is 0 Å². The number of ether oxygens (including phenoxy) is 1. The van der Waals surface area contributed by atoms with Crippen LogP contribution in [0.1, 0.15) is 15.9 Å². The fourth-order valence-corrected chi connectivity index (χ4v) is 3.08. The fraction of sp³-hybridized carbons (Fsp3) is 0.0870. The Labute approximate surface area is 156 Å². The molecule has 134 valence electrons. The van der Waals surface area contributed by atoms with E-state index in [1.165, 1.54) is 24.3 Å². The van der Waals surface area contributed by atoms with Gasteiger partial charge in [0.05, 0.1) is 12.1 Å². The van der Waals surface area contributed by atoms with E-state index < -0.39 is 0 Å². The molecule has 0 atom stereocenters. The first-order valence-electron chi connectivity index (χ1n) is 8.74. The third-order valence-electron chi connectivity index (χ3n) is 4.49. The van der Waals surface area contributed by atoms with Crippen LogP contribution < -0.4 is 4.74 Å². The van der Waals surface area contributed by atoms with Crippen LogP contribution in [0.25, 0.3) is 10.9 Å². The number of carbonyl (C=O) groups is 1. The molecule has 0 aliphatic heterocycles. The summed E-state index contributed by atoms with van der Waals surface area (Å²) in [6.45, 7) is 0.677. The molecule has 0 saturated heterocycles. The summed E-state index contributed by atoms with van der Waals surface area (Å²) in [6, 6.07) is 23.4. The Hall–Kier alpha value is -3.40. The van der Waals surface area contributed by atoms with Gasteiger partial charge in [-0.15, -0.1) is 0 Å². The number of Topliss-reactive ketones (excluding diaryl/α,β-unsaturated/α-hetero) is 1. The average Bonchev–Trinajstić information content (AvgIpc) is 3.11. The number of halogens is 1. The van der Waals surface area contributed by atoms with Crippen molar-refractivity contribution in [2.24, 2.45) is 0 Å². The zero-order valence-electron chi connectivity index (χ0n) is 14.6. The lowest BCUT2D eigenvalue weighted by Crippen LogP contribution is -2.09. The van der Waals surface area contributed by atoms with Crippen LogP contribution in [-0.4, -0.2) is 10.4 Å². The lowest BCUT2D eigenvalue weighted by Gasteiger charge is -2.09. The number of rotatable bonds is 6. The van der Waals surface area contributed by atoms with Crippen LogP contribution in [0.5, 0.6) is 5.75 Å². The van der Waals surface area contributed by atoms with Crippen LogP contribution in [0, 0.1) is 5.82 Å².